The second-order valence-electron chi connectivity index (χ2n) is 6.79. The average molecular weight is 389 g/mol. The summed E-state index contributed by atoms with van der Waals surface area (Å²) < 4.78 is 0. The minimum atomic E-state index is -0.386. The van der Waals surface area contributed by atoms with Crippen LogP contribution in [-0.2, 0) is 9.59 Å². The standard InChI is InChI=1S/C20H28N4O2S/c1-3-21-20-24(4-2)19(26)17(27-20)14-18(25)22-15-8-10-16(11-9-15)23-12-6-5-7-13-23/h8-11,17H,3-7,12-14H2,1-2H3,(H,22,25). The van der Waals surface area contributed by atoms with Gasteiger partial charge in [-0.25, -0.2) is 0 Å². The third kappa shape index (κ3) is 4.83. The average Bonchev–Trinajstić information content (AvgIpc) is 2.97. The maximum Gasteiger partial charge on any atom is 0.242 e. The lowest BCUT2D eigenvalue weighted by atomic mass is 10.1. The van der Waals surface area contributed by atoms with Crippen LogP contribution in [0, 0.1) is 0 Å². The van der Waals surface area contributed by atoms with Crippen molar-refractivity contribution in [3.8, 4) is 0 Å². The van der Waals surface area contributed by atoms with Crippen LogP contribution in [-0.4, -0.2) is 53.3 Å². The number of anilines is 2. The van der Waals surface area contributed by atoms with Crippen molar-refractivity contribution in [3.05, 3.63) is 24.3 Å². The van der Waals surface area contributed by atoms with Crippen molar-refractivity contribution < 1.29 is 9.59 Å². The Balaban J connectivity index is 1.56. The van der Waals surface area contributed by atoms with Gasteiger partial charge in [-0.1, -0.05) is 11.8 Å². The molecular formula is C20H28N4O2S. The zero-order chi connectivity index (χ0) is 19.2. The van der Waals surface area contributed by atoms with E-state index in [2.05, 4.69) is 27.3 Å². The Bertz CT molecular complexity index is 698. The Morgan fingerprint density at radius 2 is 1.89 bits per heavy atom. The van der Waals surface area contributed by atoms with E-state index in [1.165, 1.54) is 36.7 Å². The molecule has 2 aliphatic heterocycles. The molecule has 6 nitrogen and oxygen atoms in total. The summed E-state index contributed by atoms with van der Waals surface area (Å²) in [7, 11) is 0. The van der Waals surface area contributed by atoms with Crippen molar-refractivity contribution in [1.82, 2.24) is 4.90 Å². The Hall–Kier alpha value is -2.02. The minimum absolute atomic E-state index is 0.0229. The number of nitrogens with one attached hydrogen (secondary N) is 1. The molecule has 0 aliphatic carbocycles. The molecule has 7 heteroatoms. The highest BCUT2D eigenvalue weighted by Gasteiger charge is 2.38. The number of carbonyl (C=O) groups is 2. The highest BCUT2D eigenvalue weighted by Crippen LogP contribution is 2.30. The summed E-state index contributed by atoms with van der Waals surface area (Å²) in [5.41, 5.74) is 1.97. The van der Waals surface area contributed by atoms with E-state index >= 15 is 0 Å². The van der Waals surface area contributed by atoms with E-state index in [0.29, 0.717) is 13.1 Å². The third-order valence-corrected chi connectivity index (χ3v) is 6.09. The molecule has 146 valence electrons. The molecule has 2 fully saturated rings. The van der Waals surface area contributed by atoms with E-state index in [0.717, 1.165) is 23.9 Å². The second-order valence-corrected chi connectivity index (χ2v) is 7.96. The lowest BCUT2D eigenvalue weighted by Crippen LogP contribution is -2.33. The van der Waals surface area contributed by atoms with Crippen molar-refractivity contribution in [1.29, 1.82) is 0 Å². The number of amides is 2. The summed E-state index contributed by atoms with van der Waals surface area (Å²) in [5.74, 6) is -0.161. The molecule has 0 saturated carbocycles. The van der Waals surface area contributed by atoms with Gasteiger partial charge >= 0.3 is 0 Å². The van der Waals surface area contributed by atoms with Crippen LogP contribution >= 0.6 is 11.8 Å². The number of carbonyl (C=O) groups excluding carboxylic acids is 2. The molecule has 2 aliphatic rings. The maximum atomic E-state index is 12.5. The van der Waals surface area contributed by atoms with Crippen molar-refractivity contribution in [2.24, 2.45) is 4.99 Å². The Labute approximate surface area is 165 Å². The van der Waals surface area contributed by atoms with Gasteiger partial charge in [0.1, 0.15) is 5.25 Å². The zero-order valence-electron chi connectivity index (χ0n) is 16.1. The summed E-state index contributed by atoms with van der Waals surface area (Å²) in [4.78, 5) is 33.3. The minimum Gasteiger partial charge on any atom is -0.372 e. The van der Waals surface area contributed by atoms with E-state index in [1.807, 2.05) is 26.0 Å². The van der Waals surface area contributed by atoms with Crippen molar-refractivity contribution in [3.63, 3.8) is 0 Å². The zero-order valence-corrected chi connectivity index (χ0v) is 16.9. The van der Waals surface area contributed by atoms with Crippen LogP contribution in [0.1, 0.15) is 39.5 Å². The SMILES string of the molecule is CCN=C1SC(CC(=O)Nc2ccc(N3CCCCC3)cc2)C(=O)N1CC. The van der Waals surface area contributed by atoms with Crippen molar-refractivity contribution in [2.75, 3.05) is 36.4 Å². The molecule has 1 unspecified atom stereocenters. The van der Waals surface area contributed by atoms with Gasteiger partial charge < -0.3 is 10.2 Å². The number of nitrogens with zero attached hydrogens (tertiary/aromatic N) is 3. The quantitative estimate of drug-likeness (QED) is 0.812. The summed E-state index contributed by atoms with van der Waals surface area (Å²) in [6.07, 6.45) is 3.95. The molecule has 0 bridgehead atoms. The summed E-state index contributed by atoms with van der Waals surface area (Å²) in [5, 5.41) is 3.26. The monoisotopic (exact) mass is 388 g/mol. The molecule has 2 saturated heterocycles. The van der Waals surface area contributed by atoms with E-state index in [-0.39, 0.29) is 23.5 Å². The fourth-order valence-electron chi connectivity index (χ4n) is 3.48. The van der Waals surface area contributed by atoms with Gasteiger partial charge in [0.25, 0.3) is 0 Å². The fourth-order valence-corrected chi connectivity index (χ4v) is 4.74. The lowest BCUT2D eigenvalue weighted by Gasteiger charge is -2.28. The number of piperidine rings is 1. The van der Waals surface area contributed by atoms with Gasteiger partial charge in [0, 0.05) is 44.0 Å². The van der Waals surface area contributed by atoms with E-state index in [9.17, 15) is 9.59 Å². The molecule has 1 N–H and O–H groups in total. The Morgan fingerprint density at radius 1 is 1.19 bits per heavy atom. The van der Waals surface area contributed by atoms with Gasteiger partial charge in [0.2, 0.25) is 11.8 Å². The number of amidine groups is 1. The van der Waals surface area contributed by atoms with Crippen LogP contribution in [0.2, 0.25) is 0 Å². The van der Waals surface area contributed by atoms with Crippen molar-refractivity contribution >= 4 is 40.1 Å². The highest BCUT2D eigenvalue weighted by molar-refractivity contribution is 8.15. The summed E-state index contributed by atoms with van der Waals surface area (Å²) in [6, 6.07) is 7.99. The molecular weight excluding hydrogens is 360 g/mol. The third-order valence-electron chi connectivity index (χ3n) is 4.87. The van der Waals surface area contributed by atoms with E-state index in [1.54, 1.807) is 4.90 Å². The molecule has 2 amide bonds. The smallest absolute Gasteiger partial charge is 0.242 e. The van der Waals surface area contributed by atoms with Gasteiger partial charge in [-0.3, -0.25) is 19.5 Å². The number of thioether (sulfide) groups is 1. The first-order valence-electron chi connectivity index (χ1n) is 9.79. The van der Waals surface area contributed by atoms with Crippen LogP contribution < -0.4 is 10.2 Å². The lowest BCUT2D eigenvalue weighted by molar-refractivity contribution is -0.128. The number of hydrogen-bond acceptors (Lipinski definition) is 5. The predicted molar refractivity (Wildman–Crippen MR) is 112 cm³/mol. The Morgan fingerprint density at radius 3 is 2.52 bits per heavy atom. The largest absolute Gasteiger partial charge is 0.372 e. The maximum absolute atomic E-state index is 12.5. The van der Waals surface area contributed by atoms with E-state index < -0.39 is 0 Å². The fraction of sp³-hybridized carbons (Fsp3) is 0.550. The normalized spacial score (nSPS) is 21.8. The molecule has 0 aromatic heterocycles. The van der Waals surface area contributed by atoms with E-state index in [4.69, 9.17) is 0 Å². The number of aliphatic imine (C=N–C) groups is 1. The second kappa shape index (κ2) is 9.26. The van der Waals surface area contributed by atoms with Crippen LogP contribution in [0.5, 0.6) is 0 Å². The molecule has 1 aromatic carbocycles. The van der Waals surface area contributed by atoms with Gasteiger partial charge in [-0.2, -0.15) is 0 Å². The molecule has 2 heterocycles. The predicted octanol–water partition coefficient (Wildman–Crippen LogP) is 3.35. The summed E-state index contributed by atoms with van der Waals surface area (Å²) >= 11 is 1.40. The molecule has 0 radical (unpaired) electrons. The Kier molecular flexibility index (Phi) is 6.77. The number of benzene rings is 1. The molecule has 0 spiro atoms. The van der Waals surface area contributed by atoms with Gasteiger partial charge in [0.05, 0.1) is 0 Å². The topological polar surface area (TPSA) is 65.0 Å². The number of rotatable bonds is 6. The molecule has 27 heavy (non-hydrogen) atoms. The van der Waals surface area contributed by atoms with Gasteiger partial charge in [-0.15, -0.1) is 0 Å². The number of hydrogen-bond donors (Lipinski definition) is 1. The molecule has 1 aromatic rings. The van der Waals surface area contributed by atoms with Crippen LogP contribution in [0.3, 0.4) is 0 Å². The van der Waals surface area contributed by atoms with Gasteiger partial charge in [0.15, 0.2) is 5.17 Å². The molecule has 1 atom stereocenters. The first kappa shape index (κ1) is 19.7. The molecule has 3 rings (SSSR count). The van der Waals surface area contributed by atoms with Crippen LogP contribution in [0.4, 0.5) is 11.4 Å². The first-order valence-corrected chi connectivity index (χ1v) is 10.7. The van der Waals surface area contributed by atoms with Crippen molar-refractivity contribution in [2.45, 2.75) is 44.8 Å². The highest BCUT2D eigenvalue weighted by atomic mass is 32.2. The van der Waals surface area contributed by atoms with Crippen LogP contribution in [0.25, 0.3) is 0 Å². The van der Waals surface area contributed by atoms with Gasteiger partial charge in [-0.05, 0) is 57.4 Å². The first-order chi connectivity index (χ1) is 13.1. The summed E-state index contributed by atoms with van der Waals surface area (Å²) in [6.45, 7) is 7.29. The van der Waals surface area contributed by atoms with Crippen LogP contribution in [0.15, 0.2) is 29.3 Å².